The topological polar surface area (TPSA) is 27.1 Å². The van der Waals surface area contributed by atoms with Gasteiger partial charge in [0, 0.05) is 12.7 Å². The van der Waals surface area contributed by atoms with Crippen molar-refractivity contribution in [3.05, 3.63) is 10.3 Å². The summed E-state index contributed by atoms with van der Waals surface area (Å²) in [6.07, 6.45) is 3.16. The van der Waals surface area contributed by atoms with Crippen LogP contribution < -0.4 is 0 Å². The van der Waals surface area contributed by atoms with Crippen LogP contribution in [0.4, 0.5) is 0 Å². The van der Waals surface area contributed by atoms with Crippen LogP contribution in [-0.4, -0.2) is 17.8 Å². The average Bonchev–Trinajstić information content (AvgIpc) is 1.83. The first kappa shape index (κ1) is 7.94. The average molecular weight is 224 g/mol. The Kier molecular flexibility index (Phi) is 5.05. The number of hydrogen-bond acceptors (Lipinski definition) is 1. The van der Waals surface area contributed by atoms with E-state index in [0.717, 1.165) is 6.54 Å². The Hall–Kier alpha value is -0.0600. The lowest BCUT2D eigenvalue weighted by molar-refractivity contribution is 0.605. The van der Waals surface area contributed by atoms with Gasteiger partial charge in [0.05, 0.1) is 6.34 Å². The third-order valence-electron chi connectivity index (χ3n) is 0.779. The molecule has 0 bridgehead atoms. The van der Waals surface area contributed by atoms with E-state index in [1.165, 1.54) is 6.34 Å². The third-order valence-corrected chi connectivity index (χ3v) is 1.10. The summed E-state index contributed by atoms with van der Waals surface area (Å²) in [5.74, 6) is 0. The summed E-state index contributed by atoms with van der Waals surface area (Å²) < 4.78 is 1.88. The molecule has 0 saturated carbocycles. The molecule has 46 valence electrons. The van der Waals surface area contributed by atoms with Gasteiger partial charge in [-0.25, -0.2) is 0 Å². The molecule has 0 spiro atoms. The first-order valence-electron chi connectivity index (χ1n) is 2.38. The van der Waals surface area contributed by atoms with Crippen molar-refractivity contribution in [3.8, 4) is 0 Å². The molecule has 0 aromatic rings. The zero-order chi connectivity index (χ0) is 6.41. The molecule has 0 saturated heterocycles. The highest BCUT2D eigenvalue weighted by Crippen LogP contribution is 1.88. The maximum Gasteiger partial charge on any atom is 0.0857 e. The van der Waals surface area contributed by atoms with Crippen LogP contribution in [-0.2, 0) is 0 Å². The second kappa shape index (κ2) is 5.08. The van der Waals surface area contributed by atoms with Crippen LogP contribution in [0.5, 0.6) is 0 Å². The van der Waals surface area contributed by atoms with Gasteiger partial charge in [-0.1, -0.05) is 22.6 Å². The summed E-state index contributed by atoms with van der Waals surface area (Å²) in [5, 5.41) is 6.81. The van der Waals surface area contributed by atoms with Crippen LogP contribution in [0.1, 0.15) is 6.92 Å². The van der Waals surface area contributed by atoms with Gasteiger partial charge in [0.25, 0.3) is 0 Å². The van der Waals surface area contributed by atoms with Gasteiger partial charge in [0.1, 0.15) is 0 Å². The Bertz CT molecular complexity index is 90.4. The van der Waals surface area contributed by atoms with E-state index in [0.29, 0.717) is 0 Å². The number of hydrogen-bond donors (Lipinski definition) is 1. The molecule has 0 aliphatic rings. The minimum Gasteiger partial charge on any atom is -0.339 e. The lowest BCUT2D eigenvalue weighted by Gasteiger charge is -2.07. The van der Waals surface area contributed by atoms with E-state index in [-0.39, 0.29) is 0 Å². The molecular weight excluding hydrogens is 215 g/mol. The molecular formula is C5H9IN2. The minimum absolute atomic E-state index is 0.864. The van der Waals surface area contributed by atoms with E-state index in [1.807, 2.05) is 17.2 Å². The Morgan fingerprint density at radius 1 is 1.75 bits per heavy atom. The summed E-state index contributed by atoms with van der Waals surface area (Å²) in [4.78, 5) is 1.78. The minimum atomic E-state index is 0.864. The van der Waals surface area contributed by atoms with Crippen LogP contribution in [0.25, 0.3) is 0 Å². The van der Waals surface area contributed by atoms with Gasteiger partial charge >= 0.3 is 0 Å². The molecule has 0 heterocycles. The van der Waals surface area contributed by atoms with Crippen molar-refractivity contribution in [2.75, 3.05) is 6.54 Å². The zero-order valence-electron chi connectivity index (χ0n) is 4.76. The van der Waals surface area contributed by atoms with Gasteiger partial charge in [-0.05, 0) is 11.0 Å². The molecule has 0 aliphatic heterocycles. The van der Waals surface area contributed by atoms with Crippen LogP contribution >= 0.6 is 22.6 Å². The number of nitrogens with one attached hydrogen (secondary N) is 1. The second-order valence-corrected chi connectivity index (χ2v) is 1.95. The lowest BCUT2D eigenvalue weighted by Crippen LogP contribution is -2.12. The van der Waals surface area contributed by atoms with Gasteiger partial charge in [-0.3, -0.25) is 5.41 Å². The zero-order valence-corrected chi connectivity index (χ0v) is 6.92. The van der Waals surface area contributed by atoms with Crippen LogP contribution in [0.2, 0.25) is 0 Å². The van der Waals surface area contributed by atoms with Crippen molar-refractivity contribution in [1.82, 2.24) is 4.90 Å². The SMILES string of the molecule is CCN(C=N)/C=C\I. The van der Waals surface area contributed by atoms with Crippen molar-refractivity contribution in [2.24, 2.45) is 0 Å². The molecule has 8 heavy (non-hydrogen) atoms. The fourth-order valence-corrected chi connectivity index (χ4v) is 0.725. The maximum atomic E-state index is 6.81. The van der Waals surface area contributed by atoms with Crippen LogP contribution in [0.3, 0.4) is 0 Å². The monoisotopic (exact) mass is 224 g/mol. The highest BCUT2D eigenvalue weighted by Gasteiger charge is 1.82. The molecule has 0 fully saturated rings. The van der Waals surface area contributed by atoms with Crippen molar-refractivity contribution in [3.63, 3.8) is 0 Å². The molecule has 0 rings (SSSR count). The van der Waals surface area contributed by atoms with Crippen molar-refractivity contribution < 1.29 is 0 Å². The Labute approximate surface area is 63.2 Å². The summed E-state index contributed by atoms with van der Waals surface area (Å²) in [5.41, 5.74) is 0. The molecule has 0 amide bonds. The molecule has 0 aliphatic carbocycles. The first-order chi connectivity index (χ1) is 3.85. The Morgan fingerprint density at radius 3 is 2.50 bits per heavy atom. The smallest absolute Gasteiger partial charge is 0.0857 e. The van der Waals surface area contributed by atoms with Gasteiger partial charge < -0.3 is 4.90 Å². The number of nitrogens with zero attached hydrogens (tertiary/aromatic N) is 1. The summed E-state index contributed by atoms with van der Waals surface area (Å²) in [7, 11) is 0. The van der Waals surface area contributed by atoms with Gasteiger partial charge in [0.2, 0.25) is 0 Å². The van der Waals surface area contributed by atoms with Gasteiger partial charge in [-0.2, -0.15) is 0 Å². The quantitative estimate of drug-likeness (QED) is 0.442. The Morgan fingerprint density at radius 2 is 2.38 bits per heavy atom. The molecule has 3 heteroatoms. The molecule has 1 N–H and O–H groups in total. The molecule has 0 radical (unpaired) electrons. The fraction of sp³-hybridized carbons (Fsp3) is 0.400. The van der Waals surface area contributed by atoms with E-state index in [9.17, 15) is 0 Å². The van der Waals surface area contributed by atoms with Crippen molar-refractivity contribution in [2.45, 2.75) is 6.92 Å². The highest BCUT2D eigenvalue weighted by molar-refractivity contribution is 14.1. The fourth-order valence-electron chi connectivity index (χ4n) is 0.312. The molecule has 0 atom stereocenters. The summed E-state index contributed by atoms with van der Waals surface area (Å²) in [6.45, 7) is 2.87. The standard InChI is InChI=1S/C5H9IN2/c1-2-8(5-7)4-3-6/h3-5,7H,2H2,1H3/b4-3-,7-5?. The van der Waals surface area contributed by atoms with Gasteiger partial charge in [-0.15, -0.1) is 0 Å². The largest absolute Gasteiger partial charge is 0.339 e. The number of halogens is 1. The summed E-state index contributed by atoms with van der Waals surface area (Å²) in [6, 6.07) is 0. The maximum absolute atomic E-state index is 6.81. The molecule has 0 aromatic carbocycles. The van der Waals surface area contributed by atoms with E-state index in [2.05, 4.69) is 22.6 Å². The van der Waals surface area contributed by atoms with Crippen LogP contribution in [0, 0.1) is 5.41 Å². The van der Waals surface area contributed by atoms with Crippen LogP contribution in [0.15, 0.2) is 10.3 Å². The molecule has 0 aromatic heterocycles. The van der Waals surface area contributed by atoms with E-state index in [4.69, 9.17) is 5.41 Å². The summed E-state index contributed by atoms with van der Waals surface area (Å²) >= 11 is 2.12. The predicted octanol–water partition coefficient (Wildman–Crippen LogP) is 1.82. The van der Waals surface area contributed by atoms with Crippen molar-refractivity contribution >= 4 is 28.9 Å². The lowest BCUT2D eigenvalue weighted by atomic mass is 10.6. The highest BCUT2D eigenvalue weighted by atomic mass is 127. The predicted molar refractivity (Wildman–Crippen MR) is 44.3 cm³/mol. The first-order valence-corrected chi connectivity index (χ1v) is 3.63. The van der Waals surface area contributed by atoms with Gasteiger partial charge in [0.15, 0.2) is 0 Å². The van der Waals surface area contributed by atoms with E-state index >= 15 is 0 Å². The normalized spacial score (nSPS) is 9.75. The third kappa shape index (κ3) is 3.01. The Balaban J connectivity index is 3.52. The van der Waals surface area contributed by atoms with Crippen molar-refractivity contribution in [1.29, 1.82) is 5.41 Å². The molecule has 0 unspecified atom stereocenters. The van der Waals surface area contributed by atoms with E-state index in [1.54, 1.807) is 4.90 Å². The van der Waals surface area contributed by atoms with E-state index < -0.39 is 0 Å². The molecule has 2 nitrogen and oxygen atoms in total. The second-order valence-electron chi connectivity index (χ2n) is 1.23. The number of rotatable bonds is 3.